The molecule has 18 heavy (non-hydrogen) atoms. The molecular weight excluding hydrogens is 228 g/mol. The van der Waals surface area contributed by atoms with Gasteiger partial charge in [0.1, 0.15) is 24.5 Å². The number of aliphatic hydroxyl groups excluding tert-OH is 1. The molecule has 1 atom stereocenters. The largest absolute Gasteiger partial charge is 0.489 e. The van der Waals surface area contributed by atoms with E-state index in [4.69, 9.17) is 10.00 Å². The number of nitrogens with one attached hydrogen (secondary N) is 1. The van der Waals surface area contributed by atoms with Crippen LogP contribution in [0.2, 0.25) is 0 Å². The summed E-state index contributed by atoms with van der Waals surface area (Å²) in [5.74, 6) is 0.499. The molecule has 0 fully saturated rings. The molecule has 0 amide bonds. The second-order valence-corrected chi connectivity index (χ2v) is 4.16. The molecule has 1 unspecified atom stereocenters. The van der Waals surface area contributed by atoms with Gasteiger partial charge in [-0.1, -0.05) is 24.3 Å². The second-order valence-electron chi connectivity index (χ2n) is 4.16. The number of rotatable bonds is 7. The van der Waals surface area contributed by atoms with Crippen LogP contribution >= 0.6 is 0 Å². The Labute approximate surface area is 108 Å². The van der Waals surface area contributed by atoms with E-state index in [9.17, 15) is 5.11 Å². The second kappa shape index (κ2) is 7.49. The number of aliphatic hydroxyl groups is 1. The number of para-hydroxylation sites is 1. The van der Waals surface area contributed by atoms with Gasteiger partial charge in [0.2, 0.25) is 0 Å². The lowest BCUT2D eigenvalue weighted by atomic mass is 10.2. The molecule has 0 aliphatic heterocycles. The molecule has 0 aliphatic rings. The van der Waals surface area contributed by atoms with Gasteiger partial charge in [0.25, 0.3) is 0 Å². The van der Waals surface area contributed by atoms with Crippen molar-refractivity contribution in [1.29, 1.82) is 5.26 Å². The van der Waals surface area contributed by atoms with Crippen LogP contribution in [0.25, 0.3) is 0 Å². The minimum Gasteiger partial charge on any atom is -0.489 e. The van der Waals surface area contributed by atoms with E-state index in [1.165, 1.54) is 0 Å². The third-order valence-electron chi connectivity index (χ3n) is 2.25. The summed E-state index contributed by atoms with van der Waals surface area (Å²) < 4.78 is 5.41. The smallest absolute Gasteiger partial charge is 0.137 e. The molecule has 1 rings (SSSR count). The molecule has 0 aromatic heterocycles. The third kappa shape index (κ3) is 5.00. The van der Waals surface area contributed by atoms with E-state index >= 15 is 0 Å². The zero-order valence-electron chi connectivity index (χ0n) is 10.5. The highest BCUT2D eigenvalue weighted by molar-refractivity contribution is 5.42. The molecule has 4 nitrogen and oxygen atoms in total. The summed E-state index contributed by atoms with van der Waals surface area (Å²) in [5, 5.41) is 21.6. The number of ether oxygens (including phenoxy) is 1. The molecule has 1 aromatic rings. The van der Waals surface area contributed by atoms with Crippen molar-refractivity contribution in [3.63, 3.8) is 0 Å². The van der Waals surface area contributed by atoms with E-state index in [1.807, 2.05) is 13.0 Å². The SMILES string of the molecule is C=C(C)CNCC(O)COc1ccccc1C#N. The minimum absolute atomic E-state index is 0.155. The zero-order chi connectivity index (χ0) is 13.4. The normalized spacial score (nSPS) is 11.6. The van der Waals surface area contributed by atoms with Gasteiger partial charge in [-0.25, -0.2) is 0 Å². The van der Waals surface area contributed by atoms with Crippen molar-refractivity contribution in [2.75, 3.05) is 19.7 Å². The number of hydrogen-bond donors (Lipinski definition) is 2. The number of benzene rings is 1. The average molecular weight is 246 g/mol. The van der Waals surface area contributed by atoms with Crippen molar-refractivity contribution >= 4 is 0 Å². The van der Waals surface area contributed by atoms with E-state index in [-0.39, 0.29) is 6.61 Å². The summed E-state index contributed by atoms with van der Waals surface area (Å²) in [4.78, 5) is 0. The van der Waals surface area contributed by atoms with Crippen LogP contribution < -0.4 is 10.1 Å². The van der Waals surface area contributed by atoms with E-state index in [0.29, 0.717) is 24.4 Å². The van der Waals surface area contributed by atoms with Crippen LogP contribution in [0.5, 0.6) is 5.75 Å². The maximum absolute atomic E-state index is 9.69. The van der Waals surface area contributed by atoms with Crippen molar-refractivity contribution in [3.05, 3.63) is 42.0 Å². The van der Waals surface area contributed by atoms with Gasteiger partial charge < -0.3 is 15.2 Å². The van der Waals surface area contributed by atoms with Gasteiger partial charge in [-0.3, -0.25) is 0 Å². The molecule has 0 spiro atoms. The van der Waals surface area contributed by atoms with E-state index < -0.39 is 6.10 Å². The Morgan fingerprint density at radius 1 is 1.56 bits per heavy atom. The van der Waals surface area contributed by atoms with Crippen molar-refractivity contribution < 1.29 is 9.84 Å². The predicted molar refractivity (Wildman–Crippen MR) is 70.3 cm³/mol. The summed E-state index contributed by atoms with van der Waals surface area (Å²) in [7, 11) is 0. The Hall–Kier alpha value is -1.83. The van der Waals surface area contributed by atoms with Crippen LogP contribution in [0.4, 0.5) is 0 Å². The van der Waals surface area contributed by atoms with Crippen LogP contribution in [-0.2, 0) is 0 Å². The fourth-order valence-corrected chi connectivity index (χ4v) is 1.38. The standard InChI is InChI=1S/C14H18N2O2/c1-11(2)8-16-9-13(17)10-18-14-6-4-3-5-12(14)7-15/h3-6,13,16-17H,1,8-10H2,2H3. The summed E-state index contributed by atoms with van der Waals surface area (Å²) >= 11 is 0. The Balaban J connectivity index is 2.36. The lowest BCUT2D eigenvalue weighted by Gasteiger charge is -2.13. The fraction of sp³-hybridized carbons (Fsp3) is 0.357. The Morgan fingerprint density at radius 2 is 2.28 bits per heavy atom. The van der Waals surface area contributed by atoms with Gasteiger partial charge in [0.05, 0.1) is 5.56 Å². The molecular formula is C14H18N2O2. The number of nitriles is 1. The topological polar surface area (TPSA) is 65.3 Å². The Kier molecular flexibility index (Phi) is 5.92. The van der Waals surface area contributed by atoms with Gasteiger partial charge in [0.15, 0.2) is 0 Å². The number of nitrogens with zero attached hydrogens (tertiary/aromatic N) is 1. The predicted octanol–water partition coefficient (Wildman–Crippen LogP) is 1.46. The summed E-state index contributed by atoms with van der Waals surface area (Å²) in [5.41, 5.74) is 1.48. The van der Waals surface area contributed by atoms with E-state index in [1.54, 1.807) is 24.3 Å². The van der Waals surface area contributed by atoms with Crippen LogP contribution in [0.1, 0.15) is 12.5 Å². The van der Waals surface area contributed by atoms with Crippen LogP contribution in [-0.4, -0.2) is 30.9 Å². The fourth-order valence-electron chi connectivity index (χ4n) is 1.38. The van der Waals surface area contributed by atoms with Crippen LogP contribution in [0, 0.1) is 11.3 Å². The van der Waals surface area contributed by atoms with Gasteiger partial charge in [-0.2, -0.15) is 5.26 Å². The highest BCUT2D eigenvalue weighted by Gasteiger charge is 2.07. The molecule has 0 bridgehead atoms. The molecule has 0 saturated carbocycles. The van der Waals surface area contributed by atoms with Gasteiger partial charge in [-0.05, 0) is 19.1 Å². The highest BCUT2D eigenvalue weighted by Crippen LogP contribution is 2.16. The monoisotopic (exact) mass is 246 g/mol. The maximum Gasteiger partial charge on any atom is 0.137 e. The first kappa shape index (κ1) is 14.2. The first-order valence-electron chi connectivity index (χ1n) is 5.78. The maximum atomic E-state index is 9.69. The molecule has 1 aromatic carbocycles. The lowest BCUT2D eigenvalue weighted by molar-refractivity contribution is 0.107. The Bertz CT molecular complexity index is 438. The zero-order valence-corrected chi connectivity index (χ0v) is 10.5. The van der Waals surface area contributed by atoms with Crippen LogP contribution in [0.3, 0.4) is 0 Å². The first-order valence-corrected chi connectivity index (χ1v) is 5.78. The van der Waals surface area contributed by atoms with Gasteiger partial charge in [0, 0.05) is 13.1 Å². The number of hydrogen-bond acceptors (Lipinski definition) is 4. The van der Waals surface area contributed by atoms with Crippen molar-refractivity contribution in [3.8, 4) is 11.8 Å². The van der Waals surface area contributed by atoms with Gasteiger partial charge >= 0.3 is 0 Å². The summed E-state index contributed by atoms with van der Waals surface area (Å²) in [6.45, 7) is 6.93. The van der Waals surface area contributed by atoms with Crippen molar-refractivity contribution in [2.24, 2.45) is 0 Å². The average Bonchev–Trinajstić information content (AvgIpc) is 2.36. The van der Waals surface area contributed by atoms with Crippen LogP contribution in [0.15, 0.2) is 36.4 Å². The molecule has 2 N–H and O–H groups in total. The molecule has 0 radical (unpaired) electrons. The molecule has 0 heterocycles. The first-order chi connectivity index (χ1) is 8.63. The molecule has 0 aliphatic carbocycles. The van der Waals surface area contributed by atoms with E-state index in [2.05, 4.69) is 11.9 Å². The third-order valence-corrected chi connectivity index (χ3v) is 2.25. The van der Waals surface area contributed by atoms with E-state index in [0.717, 1.165) is 5.57 Å². The summed E-state index contributed by atoms with van der Waals surface area (Å²) in [6, 6.07) is 9.01. The molecule has 4 heteroatoms. The van der Waals surface area contributed by atoms with Crippen molar-refractivity contribution in [2.45, 2.75) is 13.0 Å². The Morgan fingerprint density at radius 3 is 2.94 bits per heavy atom. The van der Waals surface area contributed by atoms with Crippen molar-refractivity contribution in [1.82, 2.24) is 5.32 Å². The quantitative estimate of drug-likeness (QED) is 0.715. The molecule has 96 valence electrons. The molecule has 0 saturated heterocycles. The highest BCUT2D eigenvalue weighted by atomic mass is 16.5. The lowest BCUT2D eigenvalue weighted by Crippen LogP contribution is -2.32. The minimum atomic E-state index is -0.615. The summed E-state index contributed by atoms with van der Waals surface area (Å²) in [6.07, 6.45) is -0.615. The van der Waals surface area contributed by atoms with Gasteiger partial charge in [-0.15, -0.1) is 0 Å².